The lowest BCUT2D eigenvalue weighted by atomic mass is 9.77. The highest BCUT2D eigenvalue weighted by Gasteiger charge is 2.53. The summed E-state index contributed by atoms with van der Waals surface area (Å²) in [6.07, 6.45) is 0. The minimum Gasteiger partial charge on any atom is -0.399 e. The van der Waals surface area contributed by atoms with E-state index in [9.17, 15) is 8.78 Å². The highest BCUT2D eigenvalue weighted by atomic mass is 19.1. The molecule has 7 heteroatoms. The van der Waals surface area contributed by atoms with Gasteiger partial charge in [-0.05, 0) is 59.2 Å². The van der Waals surface area contributed by atoms with Crippen molar-refractivity contribution in [3.05, 3.63) is 29.3 Å². The first-order valence-electron chi connectivity index (χ1n) is 9.80. The van der Waals surface area contributed by atoms with E-state index in [0.29, 0.717) is 18.2 Å². The van der Waals surface area contributed by atoms with Gasteiger partial charge in [0.25, 0.3) is 0 Å². The molecule has 4 nitrogen and oxygen atoms in total. The van der Waals surface area contributed by atoms with Crippen molar-refractivity contribution < 1.29 is 18.1 Å². The molecule has 2 saturated heterocycles. The second-order valence-electron chi connectivity index (χ2n) is 8.97. The second-order valence-corrected chi connectivity index (χ2v) is 8.97. The van der Waals surface area contributed by atoms with E-state index in [2.05, 4.69) is 23.6 Å². The molecule has 0 amide bonds. The van der Waals surface area contributed by atoms with Gasteiger partial charge in [-0.25, -0.2) is 8.78 Å². The molecule has 0 N–H and O–H groups in total. The number of halogens is 2. The maximum absolute atomic E-state index is 14.8. The van der Waals surface area contributed by atoms with E-state index in [4.69, 9.17) is 9.31 Å². The number of benzene rings is 1. The lowest BCUT2D eigenvalue weighted by Crippen LogP contribution is -2.48. The van der Waals surface area contributed by atoms with Crippen molar-refractivity contribution in [3.63, 3.8) is 0 Å². The van der Waals surface area contributed by atoms with Gasteiger partial charge < -0.3 is 9.31 Å². The van der Waals surface area contributed by atoms with Crippen LogP contribution in [0.15, 0.2) is 12.1 Å². The fourth-order valence-electron chi connectivity index (χ4n) is 3.61. The maximum atomic E-state index is 14.8. The molecule has 1 aromatic rings. The van der Waals surface area contributed by atoms with Crippen LogP contribution in [0.2, 0.25) is 0 Å². The Morgan fingerprint density at radius 3 is 1.89 bits per heavy atom. The van der Waals surface area contributed by atoms with E-state index in [1.54, 1.807) is 0 Å². The largest absolute Gasteiger partial charge is 0.500 e. The Bertz CT molecular complexity index is 650. The van der Waals surface area contributed by atoms with Crippen molar-refractivity contribution >= 4 is 12.6 Å². The van der Waals surface area contributed by atoms with E-state index >= 15 is 0 Å². The van der Waals surface area contributed by atoms with Gasteiger partial charge in [0.05, 0.1) is 16.7 Å². The van der Waals surface area contributed by atoms with Crippen LogP contribution in [0.3, 0.4) is 0 Å². The topological polar surface area (TPSA) is 24.9 Å². The summed E-state index contributed by atoms with van der Waals surface area (Å²) in [5.41, 5.74) is -0.762. The van der Waals surface area contributed by atoms with Crippen LogP contribution < -0.4 is 5.46 Å². The molecular formula is C20H31BF2N2O2. The molecule has 0 bridgehead atoms. The number of rotatable bonds is 4. The third-order valence-corrected chi connectivity index (χ3v) is 6.17. The predicted molar refractivity (Wildman–Crippen MR) is 104 cm³/mol. The summed E-state index contributed by atoms with van der Waals surface area (Å²) < 4.78 is 41.2. The molecule has 2 fully saturated rings. The lowest BCUT2D eigenvalue weighted by molar-refractivity contribution is 0.00578. The van der Waals surface area contributed by atoms with Crippen LogP contribution in [0.5, 0.6) is 0 Å². The van der Waals surface area contributed by atoms with E-state index in [-0.39, 0.29) is 5.46 Å². The average molecular weight is 380 g/mol. The van der Waals surface area contributed by atoms with Gasteiger partial charge >= 0.3 is 7.12 Å². The third-order valence-electron chi connectivity index (χ3n) is 6.17. The SMILES string of the molecule is CC(C)N1CCN(Cc2cc(F)c(B3OC(C)(C)C(C)(C)O3)c(F)c2)CC1. The predicted octanol–water partition coefficient (Wildman–Crippen LogP) is 2.79. The summed E-state index contributed by atoms with van der Waals surface area (Å²) in [6, 6.07) is 3.36. The Morgan fingerprint density at radius 1 is 0.963 bits per heavy atom. The molecule has 2 aliphatic rings. The van der Waals surface area contributed by atoms with Crippen LogP contribution in [0.25, 0.3) is 0 Å². The molecule has 3 rings (SSSR count). The van der Waals surface area contributed by atoms with Crippen molar-refractivity contribution in [2.24, 2.45) is 0 Å². The average Bonchev–Trinajstić information content (AvgIpc) is 2.74. The van der Waals surface area contributed by atoms with Crippen molar-refractivity contribution in [2.45, 2.75) is 65.3 Å². The van der Waals surface area contributed by atoms with Gasteiger partial charge in [0, 0.05) is 38.8 Å². The summed E-state index contributed by atoms with van der Waals surface area (Å²) >= 11 is 0. The van der Waals surface area contributed by atoms with Crippen LogP contribution >= 0.6 is 0 Å². The van der Waals surface area contributed by atoms with Crippen molar-refractivity contribution in [3.8, 4) is 0 Å². The molecule has 0 unspecified atom stereocenters. The number of hydrogen-bond donors (Lipinski definition) is 0. The first-order valence-corrected chi connectivity index (χ1v) is 9.80. The Morgan fingerprint density at radius 2 is 1.44 bits per heavy atom. The summed E-state index contributed by atoms with van der Waals surface area (Å²) in [7, 11) is -1.03. The Labute approximate surface area is 161 Å². The van der Waals surface area contributed by atoms with E-state index in [1.165, 1.54) is 12.1 Å². The van der Waals surface area contributed by atoms with Gasteiger partial charge in [-0.3, -0.25) is 9.80 Å². The normalized spacial score (nSPS) is 23.4. The number of hydrogen-bond acceptors (Lipinski definition) is 4. The number of nitrogens with zero attached hydrogens (tertiary/aromatic N) is 2. The van der Waals surface area contributed by atoms with Gasteiger partial charge in [0.2, 0.25) is 0 Å². The highest BCUT2D eigenvalue weighted by Crippen LogP contribution is 2.36. The Hall–Kier alpha value is -1.02. The smallest absolute Gasteiger partial charge is 0.399 e. The minimum absolute atomic E-state index is 0.137. The molecule has 2 heterocycles. The molecular weight excluding hydrogens is 349 g/mol. The first kappa shape index (κ1) is 20.7. The fourth-order valence-corrected chi connectivity index (χ4v) is 3.61. The van der Waals surface area contributed by atoms with Crippen molar-refractivity contribution in [2.75, 3.05) is 26.2 Å². The zero-order valence-corrected chi connectivity index (χ0v) is 17.3. The second kappa shape index (κ2) is 7.43. The van der Waals surface area contributed by atoms with Gasteiger partial charge in [0.1, 0.15) is 11.6 Å². The van der Waals surface area contributed by atoms with Gasteiger partial charge in [0.15, 0.2) is 0 Å². The zero-order valence-electron chi connectivity index (χ0n) is 17.3. The summed E-state index contributed by atoms with van der Waals surface area (Å²) in [6.45, 7) is 16.2. The first-order chi connectivity index (χ1) is 12.5. The zero-order chi connectivity index (χ0) is 20.0. The summed E-state index contributed by atoms with van der Waals surface area (Å²) in [5.74, 6) is -1.21. The minimum atomic E-state index is -1.03. The van der Waals surface area contributed by atoms with E-state index in [1.807, 2.05) is 27.7 Å². The van der Waals surface area contributed by atoms with Gasteiger partial charge in [-0.2, -0.15) is 0 Å². The molecule has 27 heavy (non-hydrogen) atoms. The lowest BCUT2D eigenvalue weighted by Gasteiger charge is -2.37. The van der Waals surface area contributed by atoms with Crippen molar-refractivity contribution in [1.29, 1.82) is 0 Å². The fraction of sp³-hybridized carbons (Fsp3) is 0.700. The van der Waals surface area contributed by atoms with Crippen molar-refractivity contribution in [1.82, 2.24) is 9.80 Å². The number of piperazine rings is 1. The molecule has 1 aromatic carbocycles. The van der Waals surface area contributed by atoms with Gasteiger partial charge in [-0.1, -0.05) is 0 Å². The third kappa shape index (κ3) is 4.21. The van der Waals surface area contributed by atoms with E-state index < -0.39 is 30.0 Å². The Balaban J connectivity index is 1.71. The van der Waals surface area contributed by atoms with Crippen LogP contribution in [0.4, 0.5) is 8.78 Å². The van der Waals surface area contributed by atoms with E-state index in [0.717, 1.165) is 26.2 Å². The monoisotopic (exact) mass is 380 g/mol. The standard InChI is InChI=1S/C20H31BF2N2O2/c1-14(2)25-9-7-24(8-10-25)13-15-11-16(22)18(17(23)12-15)21-26-19(3,4)20(5,6)27-21/h11-12,14H,7-10,13H2,1-6H3. The van der Waals surface area contributed by atoms with Crippen LogP contribution in [0.1, 0.15) is 47.1 Å². The summed E-state index contributed by atoms with van der Waals surface area (Å²) in [5, 5.41) is 0. The molecule has 0 aromatic heterocycles. The quantitative estimate of drug-likeness (QED) is 0.751. The summed E-state index contributed by atoms with van der Waals surface area (Å²) in [4.78, 5) is 4.65. The molecule has 2 aliphatic heterocycles. The molecule has 0 saturated carbocycles. The maximum Gasteiger partial charge on any atom is 0.500 e. The molecule has 0 spiro atoms. The molecule has 0 radical (unpaired) electrons. The van der Waals surface area contributed by atoms with Gasteiger partial charge in [-0.15, -0.1) is 0 Å². The Kier molecular flexibility index (Phi) is 5.70. The van der Waals surface area contributed by atoms with Crippen LogP contribution in [-0.2, 0) is 15.9 Å². The molecule has 0 atom stereocenters. The van der Waals surface area contributed by atoms with Crippen LogP contribution in [-0.4, -0.2) is 60.3 Å². The molecule has 0 aliphatic carbocycles. The highest BCUT2D eigenvalue weighted by molar-refractivity contribution is 6.62. The molecule has 150 valence electrons. The van der Waals surface area contributed by atoms with Crippen LogP contribution in [0, 0.1) is 11.6 Å².